The standard InChI is InChI=1S/C10H5Cl7O/c11-2-1-3(18)5-4(2)8(14)6(12)7(13)9(5,15)10(8,16)17/h1,4-7H/t4-,5+,6+,7-,8-,9+/m1/s1. The molecule has 2 bridgehead atoms. The van der Waals surface area contributed by atoms with Gasteiger partial charge in [0, 0.05) is 11.0 Å². The molecular weight excluding hydrogens is 384 g/mol. The Bertz CT molecular complexity index is 489. The number of halogens is 7. The molecule has 2 saturated carbocycles. The van der Waals surface area contributed by atoms with Gasteiger partial charge in [0.2, 0.25) is 0 Å². The highest BCUT2D eigenvalue weighted by molar-refractivity contribution is 6.63. The third-order valence-electron chi connectivity index (χ3n) is 4.14. The van der Waals surface area contributed by atoms with Crippen LogP contribution in [0, 0.1) is 11.8 Å². The van der Waals surface area contributed by atoms with Crippen LogP contribution in [-0.2, 0) is 4.79 Å². The molecule has 2 fully saturated rings. The fourth-order valence-electron chi connectivity index (χ4n) is 3.33. The second kappa shape index (κ2) is 3.80. The smallest absolute Gasteiger partial charge is 0.162 e. The third kappa shape index (κ3) is 1.17. The van der Waals surface area contributed by atoms with E-state index >= 15 is 0 Å². The number of ketones is 1. The second-order valence-corrected chi connectivity index (χ2v) is 8.76. The minimum Gasteiger partial charge on any atom is -0.294 e. The van der Waals surface area contributed by atoms with Crippen LogP contribution in [0.2, 0.25) is 0 Å². The first-order valence-corrected chi connectivity index (χ1v) is 7.82. The Hall–Kier alpha value is 1.44. The Kier molecular flexibility index (Phi) is 3.03. The van der Waals surface area contributed by atoms with Gasteiger partial charge in [-0.1, -0.05) is 34.8 Å². The second-order valence-electron chi connectivity index (χ2n) is 4.80. The molecule has 0 heterocycles. The van der Waals surface area contributed by atoms with Gasteiger partial charge in [0.15, 0.2) is 10.1 Å². The van der Waals surface area contributed by atoms with Crippen molar-refractivity contribution >= 4 is 87.0 Å². The van der Waals surface area contributed by atoms with E-state index in [1.54, 1.807) is 0 Å². The highest BCUT2D eigenvalue weighted by Gasteiger charge is 2.88. The molecule has 3 aliphatic carbocycles. The first-order chi connectivity index (χ1) is 8.11. The molecule has 0 saturated heterocycles. The summed E-state index contributed by atoms with van der Waals surface area (Å²) in [5.74, 6) is -1.60. The van der Waals surface area contributed by atoms with Crippen LogP contribution in [0.25, 0.3) is 0 Å². The molecule has 6 atom stereocenters. The van der Waals surface area contributed by atoms with Crippen LogP contribution >= 0.6 is 81.2 Å². The zero-order valence-corrected chi connectivity index (χ0v) is 13.7. The highest BCUT2D eigenvalue weighted by Crippen LogP contribution is 2.77. The van der Waals surface area contributed by atoms with E-state index in [1.165, 1.54) is 6.08 Å². The van der Waals surface area contributed by atoms with Gasteiger partial charge in [0.05, 0.1) is 16.7 Å². The molecular formula is C10H5Cl7O. The van der Waals surface area contributed by atoms with Crippen molar-refractivity contribution < 1.29 is 4.79 Å². The normalized spacial score (nSPS) is 56.8. The van der Waals surface area contributed by atoms with Crippen molar-refractivity contribution in [1.82, 2.24) is 0 Å². The average molecular weight is 389 g/mol. The summed E-state index contributed by atoms with van der Waals surface area (Å²) in [7, 11) is 0. The maximum absolute atomic E-state index is 12.0. The molecule has 0 unspecified atom stereocenters. The van der Waals surface area contributed by atoms with E-state index < -0.39 is 36.7 Å². The molecule has 18 heavy (non-hydrogen) atoms. The number of hydrogen-bond donors (Lipinski definition) is 0. The van der Waals surface area contributed by atoms with Crippen molar-refractivity contribution in [2.45, 2.75) is 24.8 Å². The van der Waals surface area contributed by atoms with Crippen LogP contribution in [0.1, 0.15) is 0 Å². The van der Waals surface area contributed by atoms with Gasteiger partial charge in [-0.25, -0.2) is 0 Å². The third-order valence-corrected chi connectivity index (χ3v) is 9.18. The maximum Gasteiger partial charge on any atom is 0.162 e. The SMILES string of the molecule is O=C1C=C(Cl)[C@@H]2[C@H]1[C@]1(Cl)[C@H](Cl)[C@H](Cl)[C@@]2(Cl)C1(Cl)Cl. The molecule has 1 nitrogen and oxygen atoms in total. The fraction of sp³-hybridized carbons (Fsp3) is 0.700. The number of allylic oxidation sites excluding steroid dienone is 2. The monoisotopic (exact) mass is 386 g/mol. The molecule has 100 valence electrons. The van der Waals surface area contributed by atoms with Crippen molar-refractivity contribution in [3.8, 4) is 0 Å². The van der Waals surface area contributed by atoms with Gasteiger partial charge in [-0.2, -0.15) is 0 Å². The first kappa shape index (κ1) is 14.4. The van der Waals surface area contributed by atoms with E-state index in [0.29, 0.717) is 0 Å². The van der Waals surface area contributed by atoms with Crippen molar-refractivity contribution in [1.29, 1.82) is 0 Å². The van der Waals surface area contributed by atoms with Gasteiger partial charge < -0.3 is 0 Å². The minimum absolute atomic E-state index is 0.262. The summed E-state index contributed by atoms with van der Waals surface area (Å²) in [4.78, 5) is 9.23. The molecule has 3 rings (SSSR count). The van der Waals surface area contributed by atoms with Gasteiger partial charge >= 0.3 is 0 Å². The first-order valence-electron chi connectivity index (χ1n) is 5.06. The highest BCUT2D eigenvalue weighted by atomic mass is 35.5. The number of hydrogen-bond acceptors (Lipinski definition) is 1. The number of carbonyl (C=O) groups excluding carboxylic acids is 1. The molecule has 0 radical (unpaired) electrons. The minimum atomic E-state index is -1.64. The van der Waals surface area contributed by atoms with E-state index in [-0.39, 0.29) is 10.8 Å². The van der Waals surface area contributed by atoms with Crippen LogP contribution in [0.15, 0.2) is 11.1 Å². The summed E-state index contributed by atoms with van der Waals surface area (Å²) in [6, 6.07) is 0. The van der Waals surface area contributed by atoms with Crippen molar-refractivity contribution in [3.63, 3.8) is 0 Å². The molecule has 0 amide bonds. The Morgan fingerprint density at radius 1 is 0.944 bits per heavy atom. The zero-order valence-electron chi connectivity index (χ0n) is 8.44. The van der Waals surface area contributed by atoms with Crippen LogP contribution in [0.4, 0.5) is 0 Å². The van der Waals surface area contributed by atoms with Crippen LogP contribution in [0.3, 0.4) is 0 Å². The van der Waals surface area contributed by atoms with E-state index in [1.807, 2.05) is 0 Å². The van der Waals surface area contributed by atoms with E-state index in [0.717, 1.165) is 0 Å². The number of fused-ring (bicyclic) bond motifs is 5. The van der Waals surface area contributed by atoms with Gasteiger partial charge in [-0.05, 0) is 6.08 Å². The van der Waals surface area contributed by atoms with Crippen molar-refractivity contribution in [3.05, 3.63) is 11.1 Å². The summed E-state index contributed by atoms with van der Waals surface area (Å²) in [6.07, 6.45) is 1.30. The molecule has 3 aliphatic rings. The summed E-state index contributed by atoms with van der Waals surface area (Å²) >= 11 is 44.2. The Morgan fingerprint density at radius 3 is 1.89 bits per heavy atom. The fourth-order valence-corrected chi connectivity index (χ4v) is 7.17. The topological polar surface area (TPSA) is 17.1 Å². The van der Waals surface area contributed by atoms with Crippen molar-refractivity contribution in [2.24, 2.45) is 11.8 Å². The van der Waals surface area contributed by atoms with E-state index in [9.17, 15) is 4.79 Å². The Morgan fingerprint density at radius 2 is 1.39 bits per heavy atom. The average Bonchev–Trinajstić information content (AvgIpc) is 2.68. The maximum atomic E-state index is 12.0. The molecule has 0 aromatic rings. The lowest BCUT2D eigenvalue weighted by Crippen LogP contribution is -2.50. The molecule has 0 aromatic heterocycles. The van der Waals surface area contributed by atoms with Crippen molar-refractivity contribution in [2.75, 3.05) is 0 Å². The molecule has 8 heteroatoms. The molecule has 0 N–H and O–H groups in total. The molecule has 0 aliphatic heterocycles. The zero-order chi connectivity index (χ0) is 13.7. The van der Waals surface area contributed by atoms with Crippen LogP contribution in [0.5, 0.6) is 0 Å². The number of carbonyl (C=O) groups is 1. The molecule has 0 spiro atoms. The largest absolute Gasteiger partial charge is 0.294 e. The summed E-state index contributed by atoms with van der Waals surface area (Å²) < 4.78 is -1.64. The number of alkyl halides is 6. The quantitative estimate of drug-likeness (QED) is 0.565. The number of rotatable bonds is 0. The van der Waals surface area contributed by atoms with E-state index in [4.69, 9.17) is 81.2 Å². The van der Waals surface area contributed by atoms with Gasteiger partial charge in [-0.3, -0.25) is 4.79 Å². The lowest BCUT2D eigenvalue weighted by atomic mass is 9.79. The van der Waals surface area contributed by atoms with E-state index in [2.05, 4.69) is 0 Å². The lowest BCUT2D eigenvalue weighted by Gasteiger charge is -2.38. The van der Waals surface area contributed by atoms with Gasteiger partial charge in [0.25, 0.3) is 0 Å². The predicted octanol–water partition coefficient (Wildman–Crippen LogP) is 4.30. The summed E-state index contributed by atoms with van der Waals surface area (Å²) in [5.41, 5.74) is 0. The van der Waals surface area contributed by atoms with Gasteiger partial charge in [0.1, 0.15) is 9.75 Å². The predicted molar refractivity (Wildman–Crippen MR) is 76.8 cm³/mol. The summed E-state index contributed by atoms with van der Waals surface area (Å²) in [6.45, 7) is 0. The lowest BCUT2D eigenvalue weighted by molar-refractivity contribution is -0.119. The Balaban J connectivity index is 2.30. The van der Waals surface area contributed by atoms with Gasteiger partial charge in [-0.15, -0.1) is 46.4 Å². The molecule has 0 aromatic carbocycles. The Labute approximate surface area is 139 Å². The van der Waals surface area contributed by atoms with Crippen LogP contribution in [-0.4, -0.2) is 30.6 Å². The summed E-state index contributed by atoms with van der Waals surface area (Å²) in [5, 5.41) is -1.33. The van der Waals surface area contributed by atoms with Crippen LogP contribution < -0.4 is 0 Å².